The maximum atomic E-state index is 2.46. The molecule has 0 saturated carbocycles. The summed E-state index contributed by atoms with van der Waals surface area (Å²) >= 11 is 0. The molecule has 0 aromatic heterocycles. The van der Waals surface area contributed by atoms with Crippen LogP contribution in [0.1, 0.15) is 124 Å². The molecule has 0 radical (unpaired) electrons. The molecule has 0 aliphatic heterocycles. The van der Waals surface area contributed by atoms with Crippen molar-refractivity contribution in [2.45, 2.75) is 124 Å². The van der Waals surface area contributed by atoms with E-state index in [0.717, 1.165) is 6.42 Å². The molecule has 23 heavy (non-hydrogen) atoms. The maximum absolute atomic E-state index is 2.46. The zero-order chi connectivity index (χ0) is 17.0. The fraction of sp³-hybridized carbons (Fsp3) is 0.826. The van der Waals surface area contributed by atoms with Crippen molar-refractivity contribution in [1.82, 2.24) is 0 Å². The lowest BCUT2D eigenvalue weighted by Crippen LogP contribution is -1.81. The predicted molar refractivity (Wildman–Crippen MR) is 108 cm³/mol. The average Bonchev–Trinajstić information content (AvgIpc) is 2.56. The Morgan fingerprint density at radius 1 is 0.565 bits per heavy atom. The molecule has 0 unspecified atom stereocenters. The van der Waals surface area contributed by atoms with Gasteiger partial charge in [-0.15, -0.1) is 0 Å². The van der Waals surface area contributed by atoms with Crippen LogP contribution in [0.15, 0.2) is 23.8 Å². The van der Waals surface area contributed by atoms with E-state index in [4.69, 9.17) is 0 Å². The van der Waals surface area contributed by atoms with Gasteiger partial charge in [0.25, 0.3) is 0 Å². The van der Waals surface area contributed by atoms with Crippen molar-refractivity contribution in [1.29, 1.82) is 0 Å². The lowest BCUT2D eigenvalue weighted by molar-refractivity contribution is 0.577. The van der Waals surface area contributed by atoms with Crippen LogP contribution in [0.25, 0.3) is 0 Å². The first-order chi connectivity index (χ1) is 11.3. The van der Waals surface area contributed by atoms with Gasteiger partial charge in [-0.25, -0.2) is 0 Å². The molecule has 0 N–H and O–H groups in total. The first-order valence-corrected chi connectivity index (χ1v) is 10.6. The quantitative estimate of drug-likeness (QED) is 0.185. The van der Waals surface area contributed by atoms with Gasteiger partial charge in [0.15, 0.2) is 0 Å². The Hall–Kier alpha value is -0.520. The van der Waals surface area contributed by atoms with Gasteiger partial charge >= 0.3 is 0 Å². The SMILES string of the molecule is CCCCCCC/C=C/C/C(C)=C/CCCCCCCCCC. The summed E-state index contributed by atoms with van der Waals surface area (Å²) in [6, 6.07) is 0. The summed E-state index contributed by atoms with van der Waals surface area (Å²) in [5, 5.41) is 0. The molecule has 0 aliphatic rings. The second-order valence-electron chi connectivity index (χ2n) is 7.19. The number of hydrogen-bond acceptors (Lipinski definition) is 0. The minimum absolute atomic E-state index is 1.16. The van der Waals surface area contributed by atoms with E-state index in [1.54, 1.807) is 5.57 Å². The van der Waals surface area contributed by atoms with Crippen LogP contribution in [0.3, 0.4) is 0 Å². The predicted octanol–water partition coefficient (Wildman–Crippen LogP) is 8.77. The van der Waals surface area contributed by atoms with Crippen LogP contribution in [0.4, 0.5) is 0 Å². The van der Waals surface area contributed by atoms with Crippen LogP contribution in [-0.4, -0.2) is 0 Å². The Morgan fingerprint density at radius 2 is 1.04 bits per heavy atom. The fourth-order valence-corrected chi connectivity index (χ4v) is 2.96. The molecular weight excluding hydrogens is 276 g/mol. The second kappa shape index (κ2) is 19.5. The van der Waals surface area contributed by atoms with E-state index in [2.05, 4.69) is 39.0 Å². The highest BCUT2D eigenvalue weighted by molar-refractivity contribution is 5.04. The Morgan fingerprint density at radius 3 is 1.61 bits per heavy atom. The summed E-state index contributed by atoms with van der Waals surface area (Å²) in [7, 11) is 0. The molecule has 0 atom stereocenters. The lowest BCUT2D eigenvalue weighted by Gasteiger charge is -2.01. The number of hydrogen-bond donors (Lipinski definition) is 0. The highest BCUT2D eigenvalue weighted by Gasteiger charge is 1.92. The van der Waals surface area contributed by atoms with Crippen molar-refractivity contribution in [2.75, 3.05) is 0 Å². The molecule has 0 heterocycles. The molecule has 0 amide bonds. The molecule has 0 aromatic carbocycles. The van der Waals surface area contributed by atoms with E-state index in [9.17, 15) is 0 Å². The molecule has 0 aliphatic carbocycles. The van der Waals surface area contributed by atoms with Gasteiger partial charge in [-0.05, 0) is 39.0 Å². The summed E-state index contributed by atoms with van der Waals surface area (Å²) in [6.45, 7) is 6.86. The van der Waals surface area contributed by atoms with Crippen molar-refractivity contribution >= 4 is 0 Å². The highest BCUT2D eigenvalue weighted by atomic mass is 14.0. The summed E-state index contributed by atoms with van der Waals surface area (Å²) in [5.41, 5.74) is 1.55. The van der Waals surface area contributed by atoms with Gasteiger partial charge in [0.1, 0.15) is 0 Å². The first-order valence-electron chi connectivity index (χ1n) is 10.6. The van der Waals surface area contributed by atoms with Gasteiger partial charge < -0.3 is 0 Å². The van der Waals surface area contributed by atoms with E-state index in [-0.39, 0.29) is 0 Å². The molecule has 0 nitrogen and oxygen atoms in total. The Bertz CT molecular complexity index is 272. The third-order valence-electron chi connectivity index (χ3n) is 4.63. The standard InChI is InChI=1S/C23H44/c1-4-6-8-10-12-14-16-18-20-22-23(3)21-19-17-15-13-11-9-7-5-2/h17,19,22H,4-16,18,20-21H2,1-3H3/b19-17+,23-22+. The van der Waals surface area contributed by atoms with Crippen LogP contribution in [-0.2, 0) is 0 Å². The van der Waals surface area contributed by atoms with Crippen molar-refractivity contribution < 1.29 is 0 Å². The minimum Gasteiger partial charge on any atom is -0.0882 e. The molecule has 0 rings (SSSR count). The van der Waals surface area contributed by atoms with Gasteiger partial charge in [0, 0.05) is 0 Å². The summed E-state index contributed by atoms with van der Waals surface area (Å²) < 4.78 is 0. The van der Waals surface area contributed by atoms with Crippen LogP contribution < -0.4 is 0 Å². The Kier molecular flexibility index (Phi) is 19.1. The van der Waals surface area contributed by atoms with Gasteiger partial charge in [-0.1, -0.05) is 108 Å². The lowest BCUT2D eigenvalue weighted by atomic mass is 10.1. The smallest absolute Gasteiger partial charge is 0.0142 e. The van der Waals surface area contributed by atoms with E-state index in [1.165, 1.54) is 96.3 Å². The van der Waals surface area contributed by atoms with Crippen molar-refractivity contribution in [3.63, 3.8) is 0 Å². The summed E-state index contributed by atoms with van der Waals surface area (Å²) in [5.74, 6) is 0. The van der Waals surface area contributed by atoms with Crippen molar-refractivity contribution in [2.24, 2.45) is 0 Å². The zero-order valence-corrected chi connectivity index (χ0v) is 16.5. The topological polar surface area (TPSA) is 0 Å². The van der Waals surface area contributed by atoms with E-state index >= 15 is 0 Å². The fourth-order valence-electron chi connectivity index (χ4n) is 2.96. The normalized spacial score (nSPS) is 12.4. The molecule has 0 spiro atoms. The molecule has 136 valence electrons. The summed E-state index contributed by atoms with van der Waals surface area (Å²) in [6.07, 6.45) is 29.3. The minimum atomic E-state index is 1.16. The Labute approximate surface area is 147 Å². The molecule has 0 fully saturated rings. The largest absolute Gasteiger partial charge is 0.0882 e. The number of unbranched alkanes of at least 4 members (excludes halogenated alkanes) is 13. The number of rotatable bonds is 17. The average molecular weight is 321 g/mol. The monoisotopic (exact) mass is 320 g/mol. The first kappa shape index (κ1) is 22.5. The summed E-state index contributed by atoms with van der Waals surface area (Å²) in [4.78, 5) is 0. The number of allylic oxidation sites excluding steroid dienone is 4. The molecule has 0 aromatic rings. The van der Waals surface area contributed by atoms with Crippen LogP contribution in [0.5, 0.6) is 0 Å². The molecule has 0 heteroatoms. The van der Waals surface area contributed by atoms with Gasteiger partial charge in [0.05, 0.1) is 0 Å². The van der Waals surface area contributed by atoms with Crippen LogP contribution in [0, 0.1) is 0 Å². The van der Waals surface area contributed by atoms with Crippen molar-refractivity contribution in [3.8, 4) is 0 Å². The Balaban J connectivity index is 3.35. The van der Waals surface area contributed by atoms with E-state index in [1.807, 2.05) is 0 Å². The third-order valence-corrected chi connectivity index (χ3v) is 4.63. The van der Waals surface area contributed by atoms with Crippen LogP contribution >= 0.6 is 0 Å². The highest BCUT2D eigenvalue weighted by Crippen LogP contribution is 2.12. The van der Waals surface area contributed by atoms with Gasteiger partial charge in [-0.2, -0.15) is 0 Å². The van der Waals surface area contributed by atoms with Crippen LogP contribution in [0.2, 0.25) is 0 Å². The zero-order valence-electron chi connectivity index (χ0n) is 16.5. The van der Waals surface area contributed by atoms with E-state index < -0.39 is 0 Å². The van der Waals surface area contributed by atoms with Crippen molar-refractivity contribution in [3.05, 3.63) is 23.8 Å². The maximum Gasteiger partial charge on any atom is -0.0142 e. The molecule has 0 saturated heterocycles. The molecular formula is C23H44. The third kappa shape index (κ3) is 19.4. The van der Waals surface area contributed by atoms with Gasteiger partial charge in [-0.3, -0.25) is 0 Å². The molecule has 0 bridgehead atoms. The second-order valence-corrected chi connectivity index (χ2v) is 7.19. The van der Waals surface area contributed by atoms with Gasteiger partial charge in [0.2, 0.25) is 0 Å². The van der Waals surface area contributed by atoms with E-state index in [0.29, 0.717) is 0 Å².